The highest BCUT2D eigenvalue weighted by atomic mass is 15.1. The molecule has 2 nitrogen and oxygen atoms in total. The molecule has 1 N–H and O–H groups in total. The fourth-order valence-electron chi connectivity index (χ4n) is 2.05. The Balaban J connectivity index is 2.24. The molecular weight excluding hydrogens is 160 g/mol. The summed E-state index contributed by atoms with van der Waals surface area (Å²) in [5.41, 5.74) is 0. The standard InChI is InChI=1S/C11H24N2/c1-3-11(12-2)10-13-8-6-4-5-7-9-13/h11-12H,3-10H2,1-2H3. The SMILES string of the molecule is CCC(CN1CCCCCC1)NC. The fourth-order valence-corrected chi connectivity index (χ4v) is 2.05. The van der Waals surface area contributed by atoms with Gasteiger partial charge in [0.2, 0.25) is 0 Å². The molecule has 2 heteroatoms. The lowest BCUT2D eigenvalue weighted by Gasteiger charge is -2.25. The Hall–Kier alpha value is -0.0800. The average Bonchev–Trinajstić information content (AvgIpc) is 2.42. The molecule has 0 aromatic heterocycles. The normalized spacial score (nSPS) is 22.6. The van der Waals surface area contributed by atoms with Crippen molar-refractivity contribution in [3.05, 3.63) is 0 Å². The van der Waals surface area contributed by atoms with E-state index in [1.165, 1.54) is 51.7 Å². The molecule has 0 spiro atoms. The van der Waals surface area contributed by atoms with Crippen LogP contribution in [0, 0.1) is 0 Å². The Labute approximate surface area is 82.7 Å². The first-order chi connectivity index (χ1) is 6.36. The van der Waals surface area contributed by atoms with Gasteiger partial charge >= 0.3 is 0 Å². The first-order valence-electron chi connectivity index (χ1n) is 5.76. The third-order valence-corrected chi connectivity index (χ3v) is 3.08. The molecule has 0 aromatic carbocycles. The molecule has 1 heterocycles. The lowest BCUT2D eigenvalue weighted by atomic mass is 10.2. The molecule has 1 fully saturated rings. The van der Waals surface area contributed by atoms with Gasteiger partial charge in [-0.25, -0.2) is 0 Å². The minimum absolute atomic E-state index is 0.693. The number of likely N-dealkylation sites (tertiary alicyclic amines) is 1. The number of hydrogen-bond acceptors (Lipinski definition) is 2. The second-order valence-electron chi connectivity index (χ2n) is 4.11. The van der Waals surface area contributed by atoms with Crippen LogP contribution in [0.15, 0.2) is 0 Å². The van der Waals surface area contributed by atoms with Gasteiger partial charge in [-0.1, -0.05) is 19.8 Å². The number of nitrogens with one attached hydrogen (secondary N) is 1. The minimum Gasteiger partial charge on any atom is -0.316 e. The molecule has 1 rings (SSSR count). The summed E-state index contributed by atoms with van der Waals surface area (Å²) >= 11 is 0. The summed E-state index contributed by atoms with van der Waals surface area (Å²) in [4.78, 5) is 2.62. The summed E-state index contributed by atoms with van der Waals surface area (Å²) in [6.07, 6.45) is 6.92. The summed E-state index contributed by atoms with van der Waals surface area (Å²) in [5, 5.41) is 3.38. The minimum atomic E-state index is 0.693. The van der Waals surface area contributed by atoms with E-state index in [0.29, 0.717) is 6.04 Å². The Morgan fingerprint density at radius 3 is 2.23 bits per heavy atom. The zero-order chi connectivity index (χ0) is 9.52. The van der Waals surface area contributed by atoms with Gasteiger partial charge in [-0.2, -0.15) is 0 Å². The van der Waals surface area contributed by atoms with Gasteiger partial charge in [0.05, 0.1) is 0 Å². The van der Waals surface area contributed by atoms with Gasteiger partial charge in [-0.3, -0.25) is 0 Å². The van der Waals surface area contributed by atoms with Crippen molar-refractivity contribution in [3.8, 4) is 0 Å². The van der Waals surface area contributed by atoms with Crippen LogP contribution in [-0.4, -0.2) is 37.6 Å². The van der Waals surface area contributed by atoms with E-state index in [1.807, 2.05) is 0 Å². The lowest BCUT2D eigenvalue weighted by Crippen LogP contribution is -2.39. The van der Waals surface area contributed by atoms with Crippen molar-refractivity contribution in [1.29, 1.82) is 0 Å². The first kappa shape index (κ1) is 11.0. The lowest BCUT2D eigenvalue weighted by molar-refractivity contribution is 0.251. The smallest absolute Gasteiger partial charge is 0.0189 e. The number of nitrogens with zero attached hydrogens (tertiary/aromatic N) is 1. The quantitative estimate of drug-likeness (QED) is 0.717. The summed E-state index contributed by atoms with van der Waals surface area (Å²) in [7, 11) is 2.08. The van der Waals surface area contributed by atoms with E-state index in [-0.39, 0.29) is 0 Å². The molecule has 0 saturated carbocycles. The van der Waals surface area contributed by atoms with Gasteiger partial charge in [0.1, 0.15) is 0 Å². The van der Waals surface area contributed by atoms with Crippen molar-refractivity contribution in [2.45, 2.75) is 45.1 Å². The molecule has 1 aliphatic heterocycles. The van der Waals surface area contributed by atoms with E-state index < -0.39 is 0 Å². The van der Waals surface area contributed by atoms with Crippen molar-refractivity contribution in [2.24, 2.45) is 0 Å². The first-order valence-corrected chi connectivity index (χ1v) is 5.76. The molecule has 13 heavy (non-hydrogen) atoms. The second kappa shape index (κ2) is 6.39. The maximum atomic E-state index is 3.38. The van der Waals surface area contributed by atoms with E-state index in [0.717, 1.165) is 0 Å². The largest absolute Gasteiger partial charge is 0.316 e. The van der Waals surface area contributed by atoms with Gasteiger partial charge in [0, 0.05) is 12.6 Å². The molecule has 1 saturated heterocycles. The van der Waals surface area contributed by atoms with Crippen LogP contribution in [-0.2, 0) is 0 Å². The highest BCUT2D eigenvalue weighted by molar-refractivity contribution is 4.71. The topological polar surface area (TPSA) is 15.3 Å². The summed E-state index contributed by atoms with van der Waals surface area (Å²) in [6, 6.07) is 0.693. The van der Waals surface area contributed by atoms with Crippen LogP contribution in [0.1, 0.15) is 39.0 Å². The van der Waals surface area contributed by atoms with Crippen LogP contribution in [0.25, 0.3) is 0 Å². The fraction of sp³-hybridized carbons (Fsp3) is 1.00. The van der Waals surface area contributed by atoms with E-state index in [9.17, 15) is 0 Å². The Kier molecular flexibility index (Phi) is 5.40. The van der Waals surface area contributed by atoms with Crippen LogP contribution in [0.3, 0.4) is 0 Å². The average molecular weight is 184 g/mol. The summed E-state index contributed by atoms with van der Waals surface area (Å²) in [5.74, 6) is 0. The summed E-state index contributed by atoms with van der Waals surface area (Å²) in [6.45, 7) is 6.14. The van der Waals surface area contributed by atoms with Crippen LogP contribution in [0.5, 0.6) is 0 Å². The number of hydrogen-bond donors (Lipinski definition) is 1. The van der Waals surface area contributed by atoms with E-state index >= 15 is 0 Å². The third-order valence-electron chi connectivity index (χ3n) is 3.08. The maximum Gasteiger partial charge on any atom is 0.0189 e. The number of rotatable bonds is 4. The highest BCUT2D eigenvalue weighted by Gasteiger charge is 2.12. The van der Waals surface area contributed by atoms with Gasteiger partial charge < -0.3 is 10.2 Å². The van der Waals surface area contributed by atoms with Gasteiger partial charge in [0.25, 0.3) is 0 Å². The number of likely N-dealkylation sites (N-methyl/N-ethyl adjacent to an activating group) is 1. The Morgan fingerprint density at radius 1 is 1.15 bits per heavy atom. The van der Waals surface area contributed by atoms with E-state index in [1.54, 1.807) is 0 Å². The van der Waals surface area contributed by atoms with Crippen molar-refractivity contribution in [2.75, 3.05) is 26.7 Å². The zero-order valence-electron chi connectivity index (χ0n) is 9.18. The van der Waals surface area contributed by atoms with Crippen LogP contribution in [0.2, 0.25) is 0 Å². The molecule has 0 bridgehead atoms. The molecule has 0 amide bonds. The molecule has 1 atom stereocenters. The van der Waals surface area contributed by atoms with Gasteiger partial charge in [-0.05, 0) is 39.4 Å². The second-order valence-corrected chi connectivity index (χ2v) is 4.11. The van der Waals surface area contributed by atoms with Crippen LogP contribution < -0.4 is 5.32 Å². The van der Waals surface area contributed by atoms with Crippen molar-refractivity contribution >= 4 is 0 Å². The van der Waals surface area contributed by atoms with Gasteiger partial charge in [0.15, 0.2) is 0 Å². The van der Waals surface area contributed by atoms with E-state index in [4.69, 9.17) is 0 Å². The Morgan fingerprint density at radius 2 is 1.77 bits per heavy atom. The predicted molar refractivity (Wildman–Crippen MR) is 58.0 cm³/mol. The monoisotopic (exact) mass is 184 g/mol. The molecule has 1 unspecified atom stereocenters. The van der Waals surface area contributed by atoms with Crippen molar-refractivity contribution in [3.63, 3.8) is 0 Å². The van der Waals surface area contributed by atoms with Crippen LogP contribution in [0.4, 0.5) is 0 Å². The van der Waals surface area contributed by atoms with Crippen molar-refractivity contribution < 1.29 is 0 Å². The molecule has 78 valence electrons. The molecule has 0 radical (unpaired) electrons. The Bertz CT molecular complexity index is 113. The molecule has 0 aromatic rings. The maximum absolute atomic E-state index is 3.38. The third kappa shape index (κ3) is 4.10. The molecule has 1 aliphatic rings. The van der Waals surface area contributed by atoms with Crippen molar-refractivity contribution in [1.82, 2.24) is 10.2 Å². The zero-order valence-corrected chi connectivity index (χ0v) is 9.18. The van der Waals surface area contributed by atoms with Gasteiger partial charge in [-0.15, -0.1) is 0 Å². The van der Waals surface area contributed by atoms with Crippen LogP contribution >= 0.6 is 0 Å². The van der Waals surface area contributed by atoms with E-state index in [2.05, 4.69) is 24.2 Å². The highest BCUT2D eigenvalue weighted by Crippen LogP contribution is 2.10. The molecular formula is C11H24N2. The predicted octanol–water partition coefficient (Wildman–Crippen LogP) is 1.86. The summed E-state index contributed by atoms with van der Waals surface area (Å²) < 4.78 is 0. The molecule has 0 aliphatic carbocycles.